The van der Waals surface area contributed by atoms with Gasteiger partial charge in [0.15, 0.2) is 0 Å². The van der Waals surface area contributed by atoms with E-state index in [1.165, 1.54) is 12.1 Å². The molecule has 0 spiro atoms. The molecule has 1 heterocycles. The minimum Gasteiger partial charge on any atom is -0.384 e. The third-order valence-corrected chi connectivity index (χ3v) is 6.04. The van der Waals surface area contributed by atoms with E-state index in [-0.39, 0.29) is 16.5 Å². The van der Waals surface area contributed by atoms with Crippen molar-refractivity contribution in [2.45, 2.75) is 42.5 Å². The number of carbonyl (C=O) groups is 1. The SMILES string of the molecule is N[C@]12C[C@H]1C=CCCCCCNc1ccc(F)cc1S(=O)(=O)NC2=O. The molecule has 1 aromatic carbocycles. The van der Waals surface area contributed by atoms with Crippen molar-refractivity contribution >= 4 is 21.6 Å². The number of halogens is 1. The number of hydrogen-bond donors (Lipinski definition) is 3. The second-order valence-electron chi connectivity index (χ2n) is 6.63. The lowest BCUT2D eigenvalue weighted by atomic mass is 10.1. The van der Waals surface area contributed by atoms with Gasteiger partial charge in [0.2, 0.25) is 0 Å². The van der Waals surface area contributed by atoms with E-state index in [4.69, 9.17) is 5.73 Å². The molecule has 0 saturated heterocycles. The van der Waals surface area contributed by atoms with Crippen LogP contribution in [0, 0.1) is 11.7 Å². The first-order valence-corrected chi connectivity index (χ1v) is 9.87. The molecular weight excluding hydrogens is 345 g/mol. The van der Waals surface area contributed by atoms with Gasteiger partial charge in [-0.25, -0.2) is 17.5 Å². The van der Waals surface area contributed by atoms with Gasteiger partial charge in [0, 0.05) is 12.5 Å². The largest absolute Gasteiger partial charge is 0.384 e. The molecule has 3 rings (SSSR count). The minimum atomic E-state index is -4.22. The van der Waals surface area contributed by atoms with Crippen molar-refractivity contribution in [2.75, 3.05) is 11.9 Å². The quantitative estimate of drug-likeness (QED) is 0.608. The molecule has 25 heavy (non-hydrogen) atoms. The van der Waals surface area contributed by atoms with Crippen LogP contribution in [0.15, 0.2) is 35.2 Å². The summed E-state index contributed by atoms with van der Waals surface area (Å²) in [5, 5.41) is 3.02. The third-order valence-electron chi connectivity index (χ3n) is 4.67. The molecule has 1 amide bonds. The summed E-state index contributed by atoms with van der Waals surface area (Å²) in [5.41, 5.74) is 5.08. The molecule has 0 bridgehead atoms. The summed E-state index contributed by atoms with van der Waals surface area (Å²) in [6.45, 7) is 0.565. The highest BCUT2D eigenvalue weighted by Crippen LogP contribution is 2.42. The summed E-state index contributed by atoms with van der Waals surface area (Å²) in [7, 11) is -4.22. The first kappa shape index (κ1) is 17.9. The van der Waals surface area contributed by atoms with Crippen LogP contribution < -0.4 is 15.8 Å². The second kappa shape index (κ2) is 6.76. The zero-order valence-corrected chi connectivity index (χ0v) is 14.6. The highest BCUT2D eigenvalue weighted by molar-refractivity contribution is 7.90. The fraction of sp³-hybridized carbons (Fsp3) is 0.471. The zero-order valence-electron chi connectivity index (χ0n) is 13.8. The van der Waals surface area contributed by atoms with Crippen LogP contribution in [-0.2, 0) is 14.8 Å². The summed E-state index contributed by atoms with van der Waals surface area (Å²) < 4.78 is 40.8. The van der Waals surface area contributed by atoms with E-state index in [1.54, 1.807) is 0 Å². The van der Waals surface area contributed by atoms with Crippen molar-refractivity contribution in [1.82, 2.24) is 4.72 Å². The maximum absolute atomic E-state index is 13.6. The van der Waals surface area contributed by atoms with E-state index in [0.717, 1.165) is 31.7 Å². The summed E-state index contributed by atoms with van der Waals surface area (Å²) >= 11 is 0. The molecule has 8 heteroatoms. The third kappa shape index (κ3) is 3.85. The van der Waals surface area contributed by atoms with Gasteiger partial charge in [0.05, 0.1) is 5.69 Å². The lowest BCUT2D eigenvalue weighted by molar-refractivity contribution is -0.121. The van der Waals surface area contributed by atoms with Gasteiger partial charge in [-0.05, 0) is 43.9 Å². The lowest BCUT2D eigenvalue weighted by Crippen LogP contribution is -2.46. The molecule has 1 fully saturated rings. The molecule has 136 valence electrons. The van der Waals surface area contributed by atoms with Gasteiger partial charge in [0.1, 0.15) is 16.3 Å². The number of benzene rings is 1. The van der Waals surface area contributed by atoms with Crippen LogP contribution in [0.4, 0.5) is 10.1 Å². The first-order valence-electron chi connectivity index (χ1n) is 8.39. The van der Waals surface area contributed by atoms with Crippen molar-refractivity contribution in [2.24, 2.45) is 11.7 Å². The summed E-state index contributed by atoms with van der Waals surface area (Å²) in [4.78, 5) is 12.1. The highest BCUT2D eigenvalue weighted by Gasteiger charge is 2.56. The van der Waals surface area contributed by atoms with Crippen molar-refractivity contribution in [3.63, 3.8) is 0 Å². The van der Waals surface area contributed by atoms with E-state index in [1.807, 2.05) is 16.9 Å². The average molecular weight is 367 g/mol. The number of rotatable bonds is 0. The number of amides is 1. The van der Waals surface area contributed by atoms with Crippen LogP contribution >= 0.6 is 0 Å². The van der Waals surface area contributed by atoms with Crippen molar-refractivity contribution in [1.29, 1.82) is 0 Å². The maximum atomic E-state index is 13.6. The molecule has 0 aromatic heterocycles. The van der Waals surface area contributed by atoms with Gasteiger partial charge in [-0.3, -0.25) is 4.79 Å². The second-order valence-corrected chi connectivity index (χ2v) is 8.28. The summed E-state index contributed by atoms with van der Waals surface area (Å²) in [5.74, 6) is -1.61. The Morgan fingerprint density at radius 1 is 1.24 bits per heavy atom. The van der Waals surface area contributed by atoms with Gasteiger partial charge in [-0.2, -0.15) is 0 Å². The zero-order chi connectivity index (χ0) is 18.1. The lowest BCUT2D eigenvalue weighted by Gasteiger charge is -2.15. The van der Waals surface area contributed by atoms with E-state index in [9.17, 15) is 17.6 Å². The normalized spacial score (nSPS) is 29.2. The van der Waals surface area contributed by atoms with Gasteiger partial charge < -0.3 is 11.1 Å². The molecule has 0 unspecified atom stereocenters. The number of sulfonamides is 1. The van der Waals surface area contributed by atoms with Crippen LogP contribution in [0.5, 0.6) is 0 Å². The Balaban J connectivity index is 1.92. The monoisotopic (exact) mass is 367 g/mol. The molecule has 4 N–H and O–H groups in total. The Kier molecular flexibility index (Phi) is 4.83. The highest BCUT2D eigenvalue weighted by atomic mass is 32.2. The molecular formula is C17H22FN3O3S. The topological polar surface area (TPSA) is 101 Å². The molecule has 2 atom stereocenters. The average Bonchev–Trinajstić information content (AvgIpc) is 3.22. The van der Waals surface area contributed by atoms with Crippen LogP contribution in [0.25, 0.3) is 0 Å². The van der Waals surface area contributed by atoms with Crippen LogP contribution in [-0.4, -0.2) is 26.4 Å². The number of nitrogens with two attached hydrogens (primary N) is 1. The molecule has 2 aliphatic rings. The predicted molar refractivity (Wildman–Crippen MR) is 92.9 cm³/mol. The van der Waals surface area contributed by atoms with E-state index < -0.39 is 27.3 Å². The van der Waals surface area contributed by atoms with Crippen molar-refractivity contribution in [3.8, 4) is 0 Å². The molecule has 6 nitrogen and oxygen atoms in total. The number of anilines is 1. The molecule has 0 radical (unpaired) electrons. The number of fused-ring (bicyclic) bond motifs is 2. The number of carbonyl (C=O) groups excluding carboxylic acids is 1. The Labute approximate surface area is 146 Å². The van der Waals surface area contributed by atoms with Gasteiger partial charge in [0.25, 0.3) is 15.9 Å². The fourth-order valence-corrected chi connectivity index (χ4v) is 4.23. The maximum Gasteiger partial charge on any atom is 0.266 e. The number of hydrogen-bond acceptors (Lipinski definition) is 5. The Morgan fingerprint density at radius 3 is 2.84 bits per heavy atom. The minimum absolute atomic E-state index is 0.169. The van der Waals surface area contributed by atoms with Crippen LogP contribution in [0.1, 0.15) is 32.1 Å². The first-order chi connectivity index (χ1) is 11.8. The molecule has 1 aliphatic carbocycles. The Bertz CT molecular complexity index is 809. The molecule has 1 saturated carbocycles. The number of nitrogens with one attached hydrogen (secondary N) is 2. The van der Waals surface area contributed by atoms with Gasteiger partial charge in [-0.15, -0.1) is 0 Å². The van der Waals surface area contributed by atoms with Crippen molar-refractivity contribution < 1.29 is 17.6 Å². The smallest absolute Gasteiger partial charge is 0.266 e. The van der Waals surface area contributed by atoms with Gasteiger partial charge in [-0.1, -0.05) is 18.6 Å². The standard InChI is InChI=1S/C17H22FN3O3S/c18-13-7-8-14-15(10-13)25(23,24)21-16(22)17(19)11-12(17)6-4-2-1-3-5-9-20-14/h4,6-8,10,12,20H,1-3,5,9,11,19H2,(H,21,22)/t12-,17-/m1/s1. The molecule has 1 aliphatic heterocycles. The van der Waals surface area contributed by atoms with E-state index in [0.29, 0.717) is 13.0 Å². The fourth-order valence-electron chi connectivity index (χ4n) is 2.99. The molecule has 1 aromatic rings. The van der Waals surface area contributed by atoms with Crippen LogP contribution in [0.2, 0.25) is 0 Å². The van der Waals surface area contributed by atoms with E-state index >= 15 is 0 Å². The van der Waals surface area contributed by atoms with Crippen LogP contribution in [0.3, 0.4) is 0 Å². The van der Waals surface area contributed by atoms with Gasteiger partial charge >= 0.3 is 0 Å². The van der Waals surface area contributed by atoms with E-state index in [2.05, 4.69) is 5.32 Å². The Morgan fingerprint density at radius 2 is 2.04 bits per heavy atom. The Hall–Kier alpha value is -1.93. The summed E-state index contributed by atoms with van der Waals surface area (Å²) in [6, 6.07) is 3.46. The number of allylic oxidation sites excluding steroid dienone is 1. The predicted octanol–water partition coefficient (Wildman–Crippen LogP) is 1.89. The summed E-state index contributed by atoms with van der Waals surface area (Å²) in [6.07, 6.45) is 8.03. The van der Waals surface area contributed by atoms with Crippen molar-refractivity contribution in [3.05, 3.63) is 36.2 Å².